The number of ether oxygens (including phenoxy) is 4. The third kappa shape index (κ3) is 1.43. The van der Waals surface area contributed by atoms with Crippen LogP contribution < -0.4 is 9.47 Å². The van der Waals surface area contributed by atoms with E-state index >= 15 is 0 Å². The first-order chi connectivity index (χ1) is 13.0. The van der Waals surface area contributed by atoms with Gasteiger partial charge < -0.3 is 24.4 Å². The summed E-state index contributed by atoms with van der Waals surface area (Å²) in [6, 6.07) is 8.55. The van der Waals surface area contributed by atoms with E-state index in [0.717, 1.165) is 5.56 Å². The van der Waals surface area contributed by atoms with Gasteiger partial charge in [0.1, 0.15) is 17.2 Å². The fraction of sp³-hybridized carbons (Fsp3) is 0.350. The van der Waals surface area contributed by atoms with E-state index in [1.54, 1.807) is 12.1 Å². The number of ketones is 1. The summed E-state index contributed by atoms with van der Waals surface area (Å²) in [6.45, 7) is 0. The van der Waals surface area contributed by atoms with Crippen molar-refractivity contribution in [3.05, 3.63) is 52.6 Å². The van der Waals surface area contributed by atoms with Gasteiger partial charge in [-0.3, -0.25) is 9.53 Å². The Kier molecular flexibility index (Phi) is 2.20. The van der Waals surface area contributed by atoms with Gasteiger partial charge in [0.25, 0.3) is 5.79 Å². The van der Waals surface area contributed by atoms with E-state index < -0.39 is 29.9 Å². The average Bonchev–Trinajstić information content (AvgIpc) is 3.46. The Morgan fingerprint density at radius 3 is 2.81 bits per heavy atom. The van der Waals surface area contributed by atoms with Crippen LogP contribution in [0.2, 0.25) is 0 Å². The lowest BCUT2D eigenvalue weighted by Gasteiger charge is -2.54. The number of phenolic OH excluding ortho intramolecular Hbond substituents is 1. The summed E-state index contributed by atoms with van der Waals surface area (Å²) in [5.41, 5.74) is 1.93. The van der Waals surface area contributed by atoms with Crippen LogP contribution in [0, 0.1) is 0 Å². The SMILES string of the molecule is O=C1c2c(O)ccc3c2[C@@]2(Oc4cccc5c4[C@](CC[C@@H]5O)(O3)O2)[C@@H]2O[C@H]12. The Hall–Kier alpha value is -2.61. The number of benzene rings is 2. The zero-order chi connectivity index (χ0) is 18.1. The average molecular weight is 366 g/mol. The van der Waals surface area contributed by atoms with Crippen LogP contribution in [0.3, 0.4) is 0 Å². The number of fused-ring (bicyclic) bond motifs is 1. The molecule has 0 unspecified atom stereocenters. The molecule has 7 heteroatoms. The van der Waals surface area contributed by atoms with Gasteiger partial charge in [-0.1, -0.05) is 12.1 Å². The van der Waals surface area contributed by atoms with Gasteiger partial charge in [-0.2, -0.15) is 0 Å². The third-order valence-electron chi connectivity index (χ3n) is 6.26. The summed E-state index contributed by atoms with van der Waals surface area (Å²) in [7, 11) is 0. The summed E-state index contributed by atoms with van der Waals surface area (Å²) in [4.78, 5) is 12.7. The Morgan fingerprint density at radius 1 is 1.07 bits per heavy atom. The number of aromatic hydroxyl groups is 1. The van der Waals surface area contributed by atoms with Gasteiger partial charge in [0.2, 0.25) is 5.79 Å². The molecule has 7 rings (SSSR count). The molecule has 0 radical (unpaired) electrons. The summed E-state index contributed by atoms with van der Waals surface area (Å²) >= 11 is 0. The number of hydrogen-bond donors (Lipinski definition) is 2. The molecule has 1 saturated heterocycles. The van der Waals surface area contributed by atoms with Crippen molar-refractivity contribution in [3.63, 3.8) is 0 Å². The number of carbonyl (C=O) groups excluding carboxylic acids is 1. The fourth-order valence-electron chi connectivity index (χ4n) is 5.11. The minimum absolute atomic E-state index is 0.136. The molecule has 2 bridgehead atoms. The second-order valence-electron chi connectivity index (χ2n) is 7.68. The Morgan fingerprint density at radius 2 is 1.93 bits per heavy atom. The maximum absolute atomic E-state index is 12.7. The molecule has 3 heterocycles. The standard InChI is InChI=1S/C20H14O7/c21-9-6-7-19-14-8(9)2-1-3-11(14)26-20(27-19)15-12(25-19)5-4-10(22)13(15)16(23)17-18(20)24-17/h1-5,9,17-18,21-22H,6-7H2/t9-,17+,18+,19+,20-/m0/s1. The van der Waals surface area contributed by atoms with Crippen LogP contribution in [0.5, 0.6) is 17.2 Å². The number of aliphatic hydroxyl groups excluding tert-OH is 1. The monoisotopic (exact) mass is 366 g/mol. The van der Waals surface area contributed by atoms with Gasteiger partial charge in [0, 0.05) is 6.42 Å². The first-order valence-electron chi connectivity index (χ1n) is 9.00. The zero-order valence-electron chi connectivity index (χ0n) is 14.0. The summed E-state index contributed by atoms with van der Waals surface area (Å²) in [5.74, 6) is -1.92. The van der Waals surface area contributed by atoms with Crippen molar-refractivity contribution in [2.24, 2.45) is 0 Å². The number of rotatable bonds is 0. The van der Waals surface area contributed by atoms with Gasteiger partial charge >= 0.3 is 0 Å². The normalized spacial score (nSPS) is 38.7. The highest BCUT2D eigenvalue weighted by Gasteiger charge is 2.74. The van der Waals surface area contributed by atoms with Crippen molar-refractivity contribution < 1.29 is 34.0 Å². The molecular weight excluding hydrogens is 352 g/mol. The molecule has 3 aliphatic heterocycles. The molecule has 2 N–H and O–H groups in total. The molecule has 2 spiro atoms. The van der Waals surface area contributed by atoms with Crippen LogP contribution in [0.1, 0.15) is 46.0 Å². The van der Waals surface area contributed by atoms with Crippen molar-refractivity contribution in [1.82, 2.24) is 0 Å². The van der Waals surface area contributed by atoms with Crippen LogP contribution in [-0.2, 0) is 21.0 Å². The van der Waals surface area contributed by atoms with Gasteiger partial charge in [-0.05, 0) is 30.2 Å². The second-order valence-corrected chi connectivity index (χ2v) is 7.68. The maximum atomic E-state index is 12.7. The lowest BCUT2D eigenvalue weighted by atomic mass is 9.78. The van der Waals surface area contributed by atoms with Gasteiger partial charge in [0.15, 0.2) is 18.0 Å². The van der Waals surface area contributed by atoms with Gasteiger partial charge in [-0.25, -0.2) is 0 Å². The summed E-state index contributed by atoms with van der Waals surface area (Å²) < 4.78 is 24.8. The molecule has 27 heavy (non-hydrogen) atoms. The molecule has 7 nitrogen and oxygen atoms in total. The number of Topliss-reactive ketones (excluding diaryl/α,β-unsaturated/α-hetero) is 1. The first-order valence-corrected chi connectivity index (χ1v) is 9.00. The molecule has 2 aliphatic carbocycles. The first kappa shape index (κ1) is 14.4. The fourth-order valence-corrected chi connectivity index (χ4v) is 5.11. The summed E-state index contributed by atoms with van der Waals surface area (Å²) in [6.07, 6.45) is -1.01. The maximum Gasteiger partial charge on any atom is 0.274 e. The van der Waals surface area contributed by atoms with Crippen molar-refractivity contribution in [2.45, 2.75) is 42.7 Å². The Balaban J connectivity index is 1.58. The number of epoxide rings is 1. The highest BCUT2D eigenvalue weighted by atomic mass is 16.8. The predicted octanol–water partition coefficient (Wildman–Crippen LogP) is 1.99. The number of carbonyl (C=O) groups is 1. The topological polar surface area (TPSA) is 97.8 Å². The minimum Gasteiger partial charge on any atom is -0.507 e. The molecule has 0 amide bonds. The molecule has 1 fully saturated rings. The Labute approximate surface area is 153 Å². The van der Waals surface area contributed by atoms with E-state index in [2.05, 4.69) is 0 Å². The largest absolute Gasteiger partial charge is 0.507 e. The molecule has 136 valence electrons. The smallest absolute Gasteiger partial charge is 0.274 e. The Bertz CT molecular complexity index is 1080. The lowest BCUT2D eigenvalue weighted by molar-refractivity contribution is -0.370. The predicted molar refractivity (Wildman–Crippen MR) is 87.4 cm³/mol. The molecule has 2 aromatic rings. The lowest BCUT2D eigenvalue weighted by Crippen LogP contribution is -2.61. The minimum atomic E-state index is -1.35. The van der Waals surface area contributed by atoms with E-state index in [1.807, 2.05) is 12.1 Å². The van der Waals surface area contributed by atoms with E-state index in [9.17, 15) is 15.0 Å². The van der Waals surface area contributed by atoms with Crippen molar-refractivity contribution in [1.29, 1.82) is 0 Å². The highest BCUT2D eigenvalue weighted by molar-refractivity contribution is 6.07. The second kappa shape index (κ2) is 4.11. The van der Waals surface area contributed by atoms with Crippen LogP contribution >= 0.6 is 0 Å². The van der Waals surface area contributed by atoms with Gasteiger partial charge in [-0.15, -0.1) is 0 Å². The van der Waals surface area contributed by atoms with Crippen molar-refractivity contribution in [2.75, 3.05) is 0 Å². The molecule has 5 atom stereocenters. The van der Waals surface area contributed by atoms with Gasteiger partial charge in [0.05, 0.1) is 22.8 Å². The quantitative estimate of drug-likeness (QED) is 0.688. The van der Waals surface area contributed by atoms with Crippen LogP contribution in [0.25, 0.3) is 0 Å². The van der Waals surface area contributed by atoms with Crippen molar-refractivity contribution in [3.8, 4) is 17.2 Å². The van der Waals surface area contributed by atoms with E-state index in [1.165, 1.54) is 6.07 Å². The molecule has 0 saturated carbocycles. The zero-order valence-corrected chi connectivity index (χ0v) is 14.0. The van der Waals surface area contributed by atoms with E-state index in [0.29, 0.717) is 35.5 Å². The van der Waals surface area contributed by atoms with Crippen molar-refractivity contribution >= 4 is 5.78 Å². The van der Waals surface area contributed by atoms with E-state index in [4.69, 9.17) is 18.9 Å². The molecular formula is C20H14O7. The molecule has 0 aromatic heterocycles. The van der Waals surface area contributed by atoms with Crippen LogP contribution in [0.15, 0.2) is 30.3 Å². The number of aliphatic hydroxyl groups is 1. The number of phenols is 1. The van der Waals surface area contributed by atoms with Crippen LogP contribution in [0.4, 0.5) is 0 Å². The number of hydrogen-bond acceptors (Lipinski definition) is 7. The third-order valence-corrected chi connectivity index (χ3v) is 6.26. The summed E-state index contributed by atoms with van der Waals surface area (Å²) in [5, 5.41) is 20.8. The molecule has 5 aliphatic rings. The van der Waals surface area contributed by atoms with Crippen LogP contribution in [-0.4, -0.2) is 28.2 Å². The molecule has 2 aromatic carbocycles. The highest BCUT2D eigenvalue weighted by Crippen LogP contribution is 2.65. The van der Waals surface area contributed by atoms with E-state index in [-0.39, 0.29) is 17.1 Å².